The lowest BCUT2D eigenvalue weighted by atomic mass is 10.1. The number of hydrogen-bond donors (Lipinski definition) is 4. The van der Waals surface area contributed by atoms with Gasteiger partial charge in [-0.3, -0.25) is 9.59 Å². The molecular formula is C24H19F6N3O3. The smallest absolute Gasteiger partial charge is 0.394 e. The Kier molecular flexibility index (Phi) is 7.88. The standard InChI is InChI=1S/C24H19F6N3O3/c25-23(26,27)14-5-3-7-16(11-14)31-19-10-2-1-9-18(19)21(35)33-20(13-34)22(36)32-17-8-4-6-15(12-17)24(28,29)30/h1-12,20,31,34H,13H2,(H,32,36)(H,33,35)/t20-/m0/s1. The van der Waals surface area contributed by atoms with Gasteiger partial charge in [0.05, 0.1) is 29.0 Å². The van der Waals surface area contributed by atoms with Gasteiger partial charge in [0.2, 0.25) is 5.91 Å². The molecule has 36 heavy (non-hydrogen) atoms. The molecule has 0 bridgehead atoms. The first-order chi connectivity index (χ1) is 16.9. The molecule has 0 aliphatic carbocycles. The predicted molar refractivity (Wildman–Crippen MR) is 120 cm³/mol. The Labute approximate surface area is 200 Å². The molecule has 190 valence electrons. The molecule has 2 amide bonds. The maximum absolute atomic E-state index is 13.0. The molecule has 3 aromatic rings. The van der Waals surface area contributed by atoms with Crippen molar-refractivity contribution in [2.45, 2.75) is 18.4 Å². The van der Waals surface area contributed by atoms with Gasteiger partial charge in [-0.2, -0.15) is 26.3 Å². The van der Waals surface area contributed by atoms with Gasteiger partial charge in [-0.1, -0.05) is 24.3 Å². The highest BCUT2D eigenvalue weighted by Gasteiger charge is 2.31. The second kappa shape index (κ2) is 10.7. The van der Waals surface area contributed by atoms with Crippen LogP contribution in [0.15, 0.2) is 72.8 Å². The van der Waals surface area contributed by atoms with E-state index < -0.39 is 47.9 Å². The van der Waals surface area contributed by atoms with Gasteiger partial charge >= 0.3 is 12.4 Å². The first-order valence-electron chi connectivity index (χ1n) is 10.3. The maximum Gasteiger partial charge on any atom is 0.416 e. The summed E-state index contributed by atoms with van der Waals surface area (Å²) in [4.78, 5) is 25.3. The van der Waals surface area contributed by atoms with Gasteiger partial charge in [-0.25, -0.2) is 0 Å². The Morgan fingerprint density at radius 3 is 1.92 bits per heavy atom. The summed E-state index contributed by atoms with van der Waals surface area (Å²) in [5.74, 6) is -1.84. The van der Waals surface area contributed by atoms with Gasteiger partial charge in [-0.05, 0) is 48.5 Å². The van der Waals surface area contributed by atoms with Crippen LogP contribution in [-0.4, -0.2) is 29.6 Å². The SMILES string of the molecule is O=C(N[C@@H](CO)C(=O)Nc1cccc(C(F)(F)F)c1)c1ccccc1Nc1cccc(C(F)(F)F)c1. The Hall–Kier alpha value is -4.06. The van der Waals surface area contributed by atoms with Crippen LogP contribution in [0.1, 0.15) is 21.5 Å². The van der Waals surface area contributed by atoms with Crippen LogP contribution in [0.25, 0.3) is 0 Å². The summed E-state index contributed by atoms with van der Waals surface area (Å²) >= 11 is 0. The Morgan fingerprint density at radius 2 is 1.33 bits per heavy atom. The summed E-state index contributed by atoms with van der Waals surface area (Å²) in [6, 6.07) is 12.3. The Morgan fingerprint density at radius 1 is 0.778 bits per heavy atom. The molecule has 12 heteroatoms. The van der Waals surface area contributed by atoms with Crippen molar-refractivity contribution in [1.82, 2.24) is 5.32 Å². The molecule has 0 unspecified atom stereocenters. The zero-order valence-corrected chi connectivity index (χ0v) is 18.2. The van der Waals surface area contributed by atoms with Crippen LogP contribution in [-0.2, 0) is 17.1 Å². The van der Waals surface area contributed by atoms with Crippen LogP contribution in [0.4, 0.5) is 43.4 Å². The third kappa shape index (κ3) is 6.75. The molecule has 0 heterocycles. The van der Waals surface area contributed by atoms with E-state index in [0.29, 0.717) is 6.07 Å². The summed E-state index contributed by atoms with van der Waals surface area (Å²) in [6.45, 7) is -0.875. The van der Waals surface area contributed by atoms with Gasteiger partial charge < -0.3 is 21.1 Å². The molecule has 0 aliphatic rings. The number of carbonyl (C=O) groups excluding carboxylic acids is 2. The monoisotopic (exact) mass is 511 g/mol. The quantitative estimate of drug-likeness (QED) is 0.329. The van der Waals surface area contributed by atoms with Crippen molar-refractivity contribution in [2.75, 3.05) is 17.2 Å². The van der Waals surface area contributed by atoms with E-state index in [9.17, 15) is 41.0 Å². The summed E-state index contributed by atoms with van der Waals surface area (Å²) < 4.78 is 77.7. The van der Waals surface area contributed by atoms with E-state index in [0.717, 1.165) is 24.3 Å². The van der Waals surface area contributed by atoms with Crippen LogP contribution >= 0.6 is 0 Å². The zero-order chi connectivity index (χ0) is 26.5. The molecule has 3 aromatic carbocycles. The average molecular weight is 511 g/mol. The van der Waals surface area contributed by atoms with Crippen molar-refractivity contribution in [3.05, 3.63) is 89.5 Å². The van der Waals surface area contributed by atoms with Gasteiger partial charge in [0.15, 0.2) is 0 Å². The van der Waals surface area contributed by atoms with E-state index in [4.69, 9.17) is 0 Å². The summed E-state index contributed by atoms with van der Waals surface area (Å²) in [5.41, 5.74) is -2.00. The van der Waals surface area contributed by atoms with Crippen molar-refractivity contribution in [3.63, 3.8) is 0 Å². The highest BCUT2D eigenvalue weighted by molar-refractivity contribution is 6.04. The third-order valence-corrected chi connectivity index (χ3v) is 4.90. The molecule has 0 saturated heterocycles. The van der Waals surface area contributed by atoms with Crippen molar-refractivity contribution >= 4 is 28.9 Å². The van der Waals surface area contributed by atoms with Crippen molar-refractivity contribution in [2.24, 2.45) is 0 Å². The molecule has 6 nitrogen and oxygen atoms in total. The minimum Gasteiger partial charge on any atom is -0.394 e. The number of nitrogens with one attached hydrogen (secondary N) is 3. The number of para-hydroxylation sites is 1. The largest absolute Gasteiger partial charge is 0.416 e. The van der Waals surface area contributed by atoms with Gasteiger partial charge in [-0.15, -0.1) is 0 Å². The summed E-state index contributed by atoms with van der Waals surface area (Å²) in [6.07, 6.45) is -9.21. The van der Waals surface area contributed by atoms with Gasteiger partial charge in [0, 0.05) is 11.4 Å². The number of aliphatic hydroxyl groups is 1. The van der Waals surface area contributed by atoms with Crippen molar-refractivity contribution in [3.8, 4) is 0 Å². The number of alkyl halides is 6. The predicted octanol–water partition coefficient (Wildman–Crippen LogP) is 5.20. The van der Waals surface area contributed by atoms with E-state index in [2.05, 4.69) is 16.0 Å². The number of aliphatic hydroxyl groups excluding tert-OH is 1. The topological polar surface area (TPSA) is 90.5 Å². The molecule has 1 atom stereocenters. The lowest BCUT2D eigenvalue weighted by Gasteiger charge is -2.18. The minimum atomic E-state index is -4.64. The van der Waals surface area contributed by atoms with E-state index in [1.807, 2.05) is 0 Å². The lowest BCUT2D eigenvalue weighted by Crippen LogP contribution is -2.46. The molecule has 0 radical (unpaired) electrons. The third-order valence-electron chi connectivity index (χ3n) is 4.90. The average Bonchev–Trinajstić information content (AvgIpc) is 2.82. The number of carbonyl (C=O) groups is 2. The number of amides is 2. The minimum absolute atomic E-state index is 0.0473. The van der Waals surface area contributed by atoms with Crippen LogP contribution in [0.5, 0.6) is 0 Å². The molecule has 4 N–H and O–H groups in total. The van der Waals surface area contributed by atoms with Crippen molar-refractivity contribution in [1.29, 1.82) is 0 Å². The normalized spacial score (nSPS) is 12.5. The fourth-order valence-electron chi connectivity index (χ4n) is 3.15. The number of halogens is 6. The Bertz CT molecular complexity index is 1240. The van der Waals surface area contributed by atoms with Gasteiger partial charge in [0.25, 0.3) is 5.91 Å². The van der Waals surface area contributed by atoms with Crippen LogP contribution in [0.3, 0.4) is 0 Å². The molecule has 0 aliphatic heterocycles. The summed E-state index contributed by atoms with van der Waals surface area (Å²) in [7, 11) is 0. The van der Waals surface area contributed by atoms with Gasteiger partial charge in [0.1, 0.15) is 6.04 Å². The fourth-order valence-corrected chi connectivity index (χ4v) is 3.15. The second-order valence-electron chi connectivity index (χ2n) is 7.53. The summed E-state index contributed by atoms with van der Waals surface area (Å²) in [5, 5.41) is 16.8. The van der Waals surface area contributed by atoms with Crippen molar-refractivity contribution < 1.29 is 41.0 Å². The molecule has 0 fully saturated rings. The highest BCUT2D eigenvalue weighted by Crippen LogP contribution is 2.32. The maximum atomic E-state index is 13.0. The lowest BCUT2D eigenvalue weighted by molar-refractivity contribution is -0.138. The van der Waals surface area contributed by atoms with Crippen LogP contribution < -0.4 is 16.0 Å². The second-order valence-corrected chi connectivity index (χ2v) is 7.53. The number of hydrogen-bond acceptors (Lipinski definition) is 4. The highest BCUT2D eigenvalue weighted by atomic mass is 19.4. The molecular weight excluding hydrogens is 492 g/mol. The molecule has 0 aromatic heterocycles. The number of anilines is 3. The van der Waals surface area contributed by atoms with Crippen LogP contribution in [0, 0.1) is 0 Å². The molecule has 0 saturated carbocycles. The van der Waals surface area contributed by atoms with E-state index >= 15 is 0 Å². The number of benzene rings is 3. The Balaban J connectivity index is 1.75. The zero-order valence-electron chi connectivity index (χ0n) is 18.2. The number of rotatable bonds is 7. The van der Waals surface area contributed by atoms with E-state index in [1.165, 1.54) is 42.5 Å². The molecule has 0 spiro atoms. The van der Waals surface area contributed by atoms with Crippen LogP contribution in [0.2, 0.25) is 0 Å². The fraction of sp³-hybridized carbons (Fsp3) is 0.167. The molecule has 3 rings (SSSR count). The first-order valence-corrected chi connectivity index (χ1v) is 10.3. The first kappa shape index (κ1) is 26.5. The van der Waals surface area contributed by atoms with E-state index in [-0.39, 0.29) is 22.6 Å². The van der Waals surface area contributed by atoms with E-state index in [1.54, 1.807) is 0 Å².